The summed E-state index contributed by atoms with van der Waals surface area (Å²) in [6.07, 6.45) is -4.36. The number of benzene rings is 1. The van der Waals surface area contributed by atoms with Crippen LogP contribution in [0.3, 0.4) is 0 Å². The van der Waals surface area contributed by atoms with Gasteiger partial charge in [-0.1, -0.05) is 15.9 Å². The van der Waals surface area contributed by atoms with E-state index in [-0.39, 0.29) is 5.75 Å². The molecule has 6 heteroatoms. The lowest BCUT2D eigenvalue weighted by molar-refractivity contribution is -0.137. The fourth-order valence-electron chi connectivity index (χ4n) is 1.07. The van der Waals surface area contributed by atoms with Gasteiger partial charge in [0.1, 0.15) is 5.75 Å². The van der Waals surface area contributed by atoms with Crippen molar-refractivity contribution in [3.8, 4) is 5.75 Å². The van der Waals surface area contributed by atoms with Crippen molar-refractivity contribution in [1.29, 1.82) is 0 Å². The van der Waals surface area contributed by atoms with Crippen LogP contribution in [0.15, 0.2) is 16.6 Å². The number of rotatable bonds is 2. The molecule has 0 spiro atoms. The summed E-state index contributed by atoms with van der Waals surface area (Å²) in [7, 11) is 1.33. The summed E-state index contributed by atoms with van der Waals surface area (Å²) in [5, 5.41) is 0.327. The molecule has 1 aromatic rings. The Kier molecular flexibility index (Phi) is 4.06. The topological polar surface area (TPSA) is 9.23 Å². The van der Waals surface area contributed by atoms with Gasteiger partial charge in [0, 0.05) is 5.33 Å². The predicted octanol–water partition coefficient (Wildman–Crippen LogP) is 4.37. The van der Waals surface area contributed by atoms with Crippen LogP contribution in [0.1, 0.15) is 11.1 Å². The summed E-state index contributed by atoms with van der Waals surface area (Å²) in [4.78, 5) is 0. The van der Waals surface area contributed by atoms with Gasteiger partial charge in [0.2, 0.25) is 0 Å². The molecule has 15 heavy (non-hydrogen) atoms. The highest BCUT2D eigenvalue weighted by Gasteiger charge is 2.32. The maximum atomic E-state index is 12.5. The highest BCUT2D eigenvalue weighted by Crippen LogP contribution is 2.38. The van der Waals surface area contributed by atoms with E-state index in [2.05, 4.69) is 31.9 Å². The van der Waals surface area contributed by atoms with Crippen LogP contribution in [0.5, 0.6) is 5.75 Å². The third-order valence-electron chi connectivity index (χ3n) is 1.81. The van der Waals surface area contributed by atoms with Crippen molar-refractivity contribution < 1.29 is 17.9 Å². The number of halogens is 5. The Morgan fingerprint density at radius 3 is 2.33 bits per heavy atom. The van der Waals surface area contributed by atoms with Gasteiger partial charge in [0.25, 0.3) is 0 Å². The van der Waals surface area contributed by atoms with Crippen LogP contribution < -0.4 is 4.74 Å². The molecule has 0 amide bonds. The molecule has 0 unspecified atom stereocenters. The van der Waals surface area contributed by atoms with Crippen LogP contribution in [0.4, 0.5) is 13.2 Å². The molecule has 0 heterocycles. The fraction of sp³-hybridized carbons (Fsp3) is 0.333. The molecular weight excluding hydrogens is 341 g/mol. The fourth-order valence-corrected chi connectivity index (χ4v) is 2.41. The molecule has 0 atom stereocenters. The van der Waals surface area contributed by atoms with Crippen LogP contribution in [-0.2, 0) is 11.5 Å². The van der Waals surface area contributed by atoms with Gasteiger partial charge in [0.05, 0.1) is 17.1 Å². The van der Waals surface area contributed by atoms with Crippen molar-refractivity contribution in [1.82, 2.24) is 0 Å². The zero-order chi connectivity index (χ0) is 11.6. The minimum atomic E-state index is -4.36. The molecule has 0 saturated carbocycles. The molecule has 0 radical (unpaired) electrons. The first-order chi connectivity index (χ1) is 6.90. The molecule has 0 aliphatic carbocycles. The van der Waals surface area contributed by atoms with Gasteiger partial charge in [-0.25, -0.2) is 0 Å². The average molecular weight is 348 g/mol. The van der Waals surface area contributed by atoms with Crippen molar-refractivity contribution in [2.45, 2.75) is 11.5 Å². The zero-order valence-corrected chi connectivity index (χ0v) is 10.8. The second-order valence-corrected chi connectivity index (χ2v) is 4.14. The first kappa shape index (κ1) is 12.8. The maximum Gasteiger partial charge on any atom is 0.416 e. The Bertz CT molecular complexity index is 338. The number of methoxy groups -OCH3 is 1. The second-order valence-electron chi connectivity index (χ2n) is 2.78. The standard InChI is InChI=1S/C9H7Br2F3O/c1-15-7-3-6(9(12,13)14)2-5(4-10)8(7)11/h2-3H,4H2,1H3. The van der Waals surface area contributed by atoms with Gasteiger partial charge in [-0.05, 0) is 33.6 Å². The lowest BCUT2D eigenvalue weighted by Gasteiger charge is -2.12. The molecule has 0 N–H and O–H groups in total. The number of alkyl halides is 4. The van der Waals surface area contributed by atoms with E-state index >= 15 is 0 Å². The van der Waals surface area contributed by atoms with Crippen molar-refractivity contribution >= 4 is 31.9 Å². The first-order valence-corrected chi connectivity index (χ1v) is 5.81. The largest absolute Gasteiger partial charge is 0.496 e. The van der Waals surface area contributed by atoms with E-state index in [0.29, 0.717) is 15.4 Å². The molecule has 1 aromatic carbocycles. The summed E-state index contributed by atoms with van der Waals surface area (Å²) < 4.78 is 42.8. The highest BCUT2D eigenvalue weighted by molar-refractivity contribution is 9.11. The monoisotopic (exact) mass is 346 g/mol. The van der Waals surface area contributed by atoms with Gasteiger partial charge < -0.3 is 4.74 Å². The third kappa shape index (κ3) is 2.87. The van der Waals surface area contributed by atoms with Crippen LogP contribution in [-0.4, -0.2) is 7.11 Å². The van der Waals surface area contributed by atoms with Crippen LogP contribution in [0.25, 0.3) is 0 Å². The van der Waals surface area contributed by atoms with E-state index in [1.54, 1.807) is 0 Å². The Balaban J connectivity index is 3.33. The number of ether oxygens (including phenoxy) is 1. The molecule has 84 valence electrons. The normalized spacial score (nSPS) is 11.6. The molecule has 0 saturated heterocycles. The zero-order valence-electron chi connectivity index (χ0n) is 7.66. The van der Waals surface area contributed by atoms with E-state index in [1.165, 1.54) is 7.11 Å². The summed E-state index contributed by atoms with van der Waals surface area (Å²) in [5.74, 6) is 0.180. The van der Waals surface area contributed by atoms with Crippen LogP contribution in [0.2, 0.25) is 0 Å². The number of hydrogen-bond acceptors (Lipinski definition) is 1. The Morgan fingerprint density at radius 2 is 1.93 bits per heavy atom. The highest BCUT2D eigenvalue weighted by atomic mass is 79.9. The molecular formula is C9H7Br2F3O. The van der Waals surface area contributed by atoms with Gasteiger partial charge in [-0.2, -0.15) is 13.2 Å². The summed E-state index contributed by atoms with van der Waals surface area (Å²) >= 11 is 6.30. The number of hydrogen-bond donors (Lipinski definition) is 0. The quantitative estimate of drug-likeness (QED) is 0.722. The molecule has 1 nitrogen and oxygen atoms in total. The maximum absolute atomic E-state index is 12.5. The van der Waals surface area contributed by atoms with Crippen molar-refractivity contribution in [3.05, 3.63) is 27.7 Å². The van der Waals surface area contributed by atoms with E-state index in [0.717, 1.165) is 12.1 Å². The summed E-state index contributed by atoms with van der Waals surface area (Å²) in [6.45, 7) is 0. The van der Waals surface area contributed by atoms with Gasteiger partial charge in [-0.15, -0.1) is 0 Å². The molecule has 1 rings (SSSR count). The van der Waals surface area contributed by atoms with Crippen molar-refractivity contribution in [3.63, 3.8) is 0 Å². The van der Waals surface area contributed by atoms with Crippen LogP contribution in [0, 0.1) is 0 Å². The van der Waals surface area contributed by atoms with E-state index in [9.17, 15) is 13.2 Å². The van der Waals surface area contributed by atoms with Crippen molar-refractivity contribution in [2.75, 3.05) is 7.11 Å². The third-order valence-corrected chi connectivity index (χ3v) is 3.31. The van der Waals surface area contributed by atoms with Crippen molar-refractivity contribution in [2.24, 2.45) is 0 Å². The lowest BCUT2D eigenvalue weighted by atomic mass is 10.1. The van der Waals surface area contributed by atoms with E-state index in [4.69, 9.17) is 4.74 Å². The van der Waals surface area contributed by atoms with Gasteiger partial charge in [-0.3, -0.25) is 0 Å². The smallest absolute Gasteiger partial charge is 0.416 e. The minimum absolute atomic E-state index is 0.180. The molecule has 0 fully saturated rings. The predicted molar refractivity (Wildman–Crippen MR) is 58.3 cm³/mol. The molecule has 0 aromatic heterocycles. The van der Waals surface area contributed by atoms with E-state index < -0.39 is 11.7 Å². The van der Waals surface area contributed by atoms with Gasteiger partial charge in [0.15, 0.2) is 0 Å². The Hall–Kier alpha value is -0.230. The summed E-state index contributed by atoms with van der Waals surface area (Å²) in [6, 6.07) is 2.05. The SMILES string of the molecule is COc1cc(C(F)(F)F)cc(CBr)c1Br. The van der Waals surface area contributed by atoms with E-state index in [1.807, 2.05) is 0 Å². The Labute approximate surface area is 102 Å². The summed E-state index contributed by atoms with van der Waals surface area (Å²) in [5.41, 5.74) is -0.210. The second kappa shape index (κ2) is 4.74. The van der Waals surface area contributed by atoms with Crippen LogP contribution >= 0.6 is 31.9 Å². The minimum Gasteiger partial charge on any atom is -0.496 e. The molecule has 0 bridgehead atoms. The molecule has 0 aliphatic rings. The lowest BCUT2D eigenvalue weighted by Crippen LogP contribution is -2.06. The average Bonchev–Trinajstić information content (AvgIpc) is 2.16. The van der Waals surface area contributed by atoms with Gasteiger partial charge >= 0.3 is 6.18 Å². The molecule has 0 aliphatic heterocycles. The first-order valence-electron chi connectivity index (χ1n) is 3.89. The Morgan fingerprint density at radius 1 is 1.33 bits per heavy atom.